The molecule has 1 aliphatic heterocycles. The molecule has 2 nitrogen and oxygen atoms in total. The van der Waals surface area contributed by atoms with Crippen LogP contribution in [-0.2, 0) is 4.74 Å². The molecule has 0 N–H and O–H groups in total. The zero-order chi connectivity index (χ0) is 9.73. The van der Waals surface area contributed by atoms with Crippen molar-refractivity contribution >= 4 is 0 Å². The standard InChI is InChI=1S/C11H19NO/c1-3-10(2)7-11(8-12)5-4-6-13-9-11/h10H,3-7,9H2,1-2H3. The maximum Gasteiger partial charge on any atom is 0.0810 e. The number of nitrogens with zero attached hydrogens (tertiary/aromatic N) is 1. The van der Waals surface area contributed by atoms with Crippen molar-refractivity contribution < 1.29 is 4.74 Å². The Bertz CT molecular complexity index is 189. The molecule has 0 saturated carbocycles. The van der Waals surface area contributed by atoms with Crippen molar-refractivity contribution in [1.82, 2.24) is 0 Å². The van der Waals surface area contributed by atoms with E-state index in [1.54, 1.807) is 0 Å². The third kappa shape index (κ3) is 2.70. The SMILES string of the molecule is CCC(C)CC1(C#N)CCCOC1. The molecule has 1 fully saturated rings. The smallest absolute Gasteiger partial charge is 0.0810 e. The van der Waals surface area contributed by atoms with Gasteiger partial charge in [0.05, 0.1) is 18.1 Å². The Labute approximate surface area is 80.9 Å². The summed E-state index contributed by atoms with van der Waals surface area (Å²) in [5.74, 6) is 0.640. The van der Waals surface area contributed by atoms with Gasteiger partial charge in [-0.1, -0.05) is 20.3 Å². The van der Waals surface area contributed by atoms with E-state index < -0.39 is 0 Å². The Morgan fingerprint density at radius 3 is 2.85 bits per heavy atom. The molecule has 2 heteroatoms. The molecule has 0 bridgehead atoms. The summed E-state index contributed by atoms with van der Waals surface area (Å²) in [5.41, 5.74) is -0.173. The fourth-order valence-electron chi connectivity index (χ4n) is 1.96. The van der Waals surface area contributed by atoms with Gasteiger partial charge in [0, 0.05) is 6.61 Å². The summed E-state index contributed by atoms with van der Waals surface area (Å²) in [7, 11) is 0. The number of hydrogen-bond acceptors (Lipinski definition) is 2. The maximum atomic E-state index is 9.16. The molecule has 1 aliphatic rings. The van der Waals surface area contributed by atoms with Gasteiger partial charge in [0.25, 0.3) is 0 Å². The van der Waals surface area contributed by atoms with Crippen molar-refractivity contribution in [3.05, 3.63) is 0 Å². The van der Waals surface area contributed by atoms with E-state index in [9.17, 15) is 0 Å². The molecule has 0 aliphatic carbocycles. The highest BCUT2D eigenvalue weighted by atomic mass is 16.5. The first kappa shape index (κ1) is 10.5. The second-order valence-corrected chi connectivity index (χ2v) is 4.27. The van der Waals surface area contributed by atoms with E-state index >= 15 is 0 Å². The monoisotopic (exact) mass is 181 g/mol. The quantitative estimate of drug-likeness (QED) is 0.670. The second-order valence-electron chi connectivity index (χ2n) is 4.27. The third-order valence-electron chi connectivity index (χ3n) is 3.00. The van der Waals surface area contributed by atoms with Crippen LogP contribution in [0.25, 0.3) is 0 Å². The number of nitriles is 1. The van der Waals surface area contributed by atoms with Crippen LogP contribution in [0.15, 0.2) is 0 Å². The van der Waals surface area contributed by atoms with Crippen LogP contribution in [0.2, 0.25) is 0 Å². The Kier molecular flexibility index (Phi) is 3.74. The molecule has 0 radical (unpaired) electrons. The molecular weight excluding hydrogens is 162 g/mol. The average Bonchev–Trinajstić information content (AvgIpc) is 2.19. The summed E-state index contributed by atoms with van der Waals surface area (Å²) >= 11 is 0. The van der Waals surface area contributed by atoms with Gasteiger partial charge in [0.15, 0.2) is 0 Å². The van der Waals surface area contributed by atoms with Gasteiger partial charge in [-0.2, -0.15) is 5.26 Å². The topological polar surface area (TPSA) is 33.0 Å². The number of ether oxygens (including phenoxy) is 1. The Balaban J connectivity index is 2.53. The molecule has 0 aromatic rings. The van der Waals surface area contributed by atoms with Crippen molar-refractivity contribution in [2.75, 3.05) is 13.2 Å². The van der Waals surface area contributed by atoms with Gasteiger partial charge in [-0.25, -0.2) is 0 Å². The van der Waals surface area contributed by atoms with E-state index in [-0.39, 0.29) is 5.41 Å². The van der Waals surface area contributed by atoms with E-state index in [0.717, 1.165) is 32.3 Å². The first-order valence-corrected chi connectivity index (χ1v) is 5.21. The van der Waals surface area contributed by atoms with Crippen LogP contribution >= 0.6 is 0 Å². The normalized spacial score (nSPS) is 30.8. The van der Waals surface area contributed by atoms with Crippen LogP contribution in [0.1, 0.15) is 39.5 Å². The van der Waals surface area contributed by atoms with Crippen LogP contribution in [0.5, 0.6) is 0 Å². The van der Waals surface area contributed by atoms with Crippen LogP contribution < -0.4 is 0 Å². The van der Waals surface area contributed by atoms with Crippen molar-refractivity contribution in [2.24, 2.45) is 11.3 Å². The van der Waals surface area contributed by atoms with Gasteiger partial charge in [0.1, 0.15) is 0 Å². The third-order valence-corrected chi connectivity index (χ3v) is 3.00. The average molecular weight is 181 g/mol. The lowest BCUT2D eigenvalue weighted by Gasteiger charge is -2.32. The lowest BCUT2D eigenvalue weighted by Crippen LogP contribution is -2.32. The molecule has 1 rings (SSSR count). The largest absolute Gasteiger partial charge is 0.380 e. The van der Waals surface area contributed by atoms with Crippen LogP contribution in [0.3, 0.4) is 0 Å². The van der Waals surface area contributed by atoms with Crippen molar-refractivity contribution in [1.29, 1.82) is 5.26 Å². The van der Waals surface area contributed by atoms with Gasteiger partial charge in [-0.15, -0.1) is 0 Å². The zero-order valence-corrected chi connectivity index (χ0v) is 8.68. The van der Waals surface area contributed by atoms with E-state index in [2.05, 4.69) is 19.9 Å². The predicted octanol–water partition coefficient (Wildman–Crippen LogP) is 2.74. The number of hydrogen-bond donors (Lipinski definition) is 0. The molecule has 1 heterocycles. The van der Waals surface area contributed by atoms with E-state index in [1.165, 1.54) is 0 Å². The van der Waals surface area contributed by atoms with E-state index in [0.29, 0.717) is 12.5 Å². The van der Waals surface area contributed by atoms with Gasteiger partial charge in [-0.05, 0) is 25.2 Å². The molecule has 0 spiro atoms. The molecule has 1 saturated heterocycles. The predicted molar refractivity (Wildman–Crippen MR) is 52.2 cm³/mol. The minimum absolute atomic E-state index is 0.173. The maximum absolute atomic E-state index is 9.16. The summed E-state index contributed by atoms with van der Waals surface area (Å²) in [4.78, 5) is 0. The van der Waals surface area contributed by atoms with Crippen LogP contribution in [0.4, 0.5) is 0 Å². The molecule has 74 valence electrons. The summed E-state index contributed by atoms with van der Waals surface area (Å²) in [6, 6.07) is 2.46. The van der Waals surface area contributed by atoms with Gasteiger partial charge in [0.2, 0.25) is 0 Å². The van der Waals surface area contributed by atoms with Crippen LogP contribution in [-0.4, -0.2) is 13.2 Å². The van der Waals surface area contributed by atoms with E-state index in [4.69, 9.17) is 10.00 Å². The highest BCUT2D eigenvalue weighted by Crippen LogP contribution is 2.35. The Morgan fingerprint density at radius 2 is 2.38 bits per heavy atom. The van der Waals surface area contributed by atoms with Gasteiger partial charge in [-0.3, -0.25) is 0 Å². The fourth-order valence-corrected chi connectivity index (χ4v) is 1.96. The van der Waals surface area contributed by atoms with Gasteiger partial charge < -0.3 is 4.74 Å². The highest BCUT2D eigenvalue weighted by Gasteiger charge is 2.33. The minimum Gasteiger partial charge on any atom is -0.380 e. The molecule has 0 aromatic heterocycles. The first-order chi connectivity index (χ1) is 6.22. The molecule has 13 heavy (non-hydrogen) atoms. The van der Waals surface area contributed by atoms with Crippen molar-refractivity contribution in [2.45, 2.75) is 39.5 Å². The van der Waals surface area contributed by atoms with E-state index in [1.807, 2.05) is 0 Å². The molecule has 2 unspecified atom stereocenters. The lowest BCUT2D eigenvalue weighted by molar-refractivity contribution is 0.0110. The number of rotatable bonds is 3. The lowest BCUT2D eigenvalue weighted by atomic mass is 9.76. The van der Waals surface area contributed by atoms with Gasteiger partial charge >= 0.3 is 0 Å². The molecule has 0 aromatic carbocycles. The summed E-state index contributed by atoms with van der Waals surface area (Å²) < 4.78 is 5.40. The molecule has 2 atom stereocenters. The summed E-state index contributed by atoms with van der Waals surface area (Å²) in [6.45, 7) is 5.88. The Hall–Kier alpha value is -0.550. The highest BCUT2D eigenvalue weighted by molar-refractivity contribution is 5.00. The van der Waals surface area contributed by atoms with Crippen molar-refractivity contribution in [3.63, 3.8) is 0 Å². The molecule has 0 amide bonds. The summed E-state index contributed by atoms with van der Waals surface area (Å²) in [5, 5.41) is 9.16. The second kappa shape index (κ2) is 4.62. The van der Waals surface area contributed by atoms with Crippen molar-refractivity contribution in [3.8, 4) is 6.07 Å². The zero-order valence-electron chi connectivity index (χ0n) is 8.68. The van der Waals surface area contributed by atoms with Crippen LogP contribution in [0, 0.1) is 22.7 Å². The molecular formula is C11H19NO. The summed E-state index contributed by atoms with van der Waals surface area (Å²) in [6.07, 6.45) is 4.22. The Morgan fingerprint density at radius 1 is 1.62 bits per heavy atom. The first-order valence-electron chi connectivity index (χ1n) is 5.21. The fraction of sp³-hybridized carbons (Fsp3) is 0.909. The minimum atomic E-state index is -0.173.